The van der Waals surface area contributed by atoms with Gasteiger partial charge in [-0.2, -0.15) is 0 Å². The number of imidazole rings is 1. The molecular formula is C27H29N9. The van der Waals surface area contributed by atoms with E-state index in [4.69, 9.17) is 4.98 Å². The van der Waals surface area contributed by atoms with E-state index in [9.17, 15) is 0 Å². The molecule has 1 saturated heterocycles. The lowest BCUT2D eigenvalue weighted by molar-refractivity contribution is 0.493. The van der Waals surface area contributed by atoms with Crippen LogP contribution in [-0.4, -0.2) is 55.2 Å². The third-order valence-electron chi connectivity index (χ3n) is 6.91. The summed E-state index contributed by atoms with van der Waals surface area (Å²) in [5, 5.41) is 6.87. The molecule has 1 fully saturated rings. The highest BCUT2D eigenvalue weighted by Crippen LogP contribution is 2.26. The molecule has 2 N–H and O–H groups in total. The van der Waals surface area contributed by atoms with Crippen LogP contribution < -0.4 is 15.5 Å². The Morgan fingerprint density at radius 3 is 2.83 bits per heavy atom. The number of rotatable bonds is 5. The molecule has 1 atom stereocenters. The molecule has 182 valence electrons. The maximum atomic E-state index is 4.86. The summed E-state index contributed by atoms with van der Waals surface area (Å²) in [6.45, 7) is 7.03. The second-order valence-electron chi connectivity index (χ2n) is 9.49. The summed E-state index contributed by atoms with van der Waals surface area (Å²) in [4.78, 5) is 25.0. The number of nitrogens with zero attached hydrogens (tertiary/aromatic N) is 7. The maximum Gasteiger partial charge on any atom is 0.226 e. The van der Waals surface area contributed by atoms with Crippen LogP contribution in [0.25, 0.3) is 22.1 Å². The molecule has 0 aliphatic carbocycles. The Morgan fingerprint density at radius 1 is 1.06 bits per heavy atom. The predicted octanol–water partition coefficient (Wildman–Crippen LogP) is 3.75. The van der Waals surface area contributed by atoms with Crippen molar-refractivity contribution in [3.63, 3.8) is 0 Å². The predicted molar refractivity (Wildman–Crippen MR) is 143 cm³/mol. The van der Waals surface area contributed by atoms with Crippen LogP contribution in [0.1, 0.15) is 23.6 Å². The molecule has 5 aromatic rings. The van der Waals surface area contributed by atoms with Crippen LogP contribution in [0.15, 0.2) is 55.2 Å². The number of anilines is 3. The molecule has 1 aliphatic rings. The molecule has 9 heteroatoms. The molecule has 9 nitrogen and oxygen atoms in total. The van der Waals surface area contributed by atoms with Gasteiger partial charge in [-0.3, -0.25) is 0 Å². The lowest BCUT2D eigenvalue weighted by atomic mass is 9.99. The minimum atomic E-state index is 0.325. The van der Waals surface area contributed by atoms with Gasteiger partial charge >= 0.3 is 0 Å². The Labute approximate surface area is 209 Å². The van der Waals surface area contributed by atoms with E-state index in [2.05, 4.69) is 85.7 Å². The molecule has 0 amide bonds. The number of aryl methyl sites for hydroxylation is 2. The van der Waals surface area contributed by atoms with Crippen molar-refractivity contribution in [2.45, 2.75) is 26.3 Å². The van der Waals surface area contributed by atoms with E-state index in [0.29, 0.717) is 17.8 Å². The summed E-state index contributed by atoms with van der Waals surface area (Å²) in [5.41, 5.74) is 8.31. The van der Waals surface area contributed by atoms with E-state index in [-0.39, 0.29) is 0 Å². The summed E-state index contributed by atoms with van der Waals surface area (Å²) in [5.74, 6) is 1.39. The van der Waals surface area contributed by atoms with E-state index in [1.807, 2.05) is 17.9 Å². The van der Waals surface area contributed by atoms with Gasteiger partial charge in [-0.25, -0.2) is 24.9 Å². The van der Waals surface area contributed by atoms with Crippen molar-refractivity contribution >= 4 is 39.5 Å². The third-order valence-corrected chi connectivity index (χ3v) is 6.91. The van der Waals surface area contributed by atoms with Gasteiger partial charge in [-0.1, -0.05) is 12.1 Å². The first-order valence-electron chi connectivity index (χ1n) is 12.3. The summed E-state index contributed by atoms with van der Waals surface area (Å²) >= 11 is 0. The fraction of sp³-hybridized carbons (Fsp3) is 0.296. The first-order valence-corrected chi connectivity index (χ1v) is 12.3. The van der Waals surface area contributed by atoms with Gasteiger partial charge in [0, 0.05) is 38.4 Å². The molecule has 0 saturated carbocycles. The molecule has 0 bridgehead atoms. The molecule has 2 aromatic carbocycles. The Morgan fingerprint density at radius 2 is 1.97 bits per heavy atom. The lowest BCUT2D eigenvalue weighted by Crippen LogP contribution is -2.50. The smallest absolute Gasteiger partial charge is 0.226 e. The SMILES string of the molecule is Cc1cc(Nc2ncnc3cnc(N4CCNC[C@@H]4C)nc23)ccc1Cc1ccc2c(c1)ncn2C. The zero-order valence-electron chi connectivity index (χ0n) is 20.7. The highest BCUT2D eigenvalue weighted by Gasteiger charge is 2.21. The summed E-state index contributed by atoms with van der Waals surface area (Å²) in [6, 6.07) is 13.2. The fourth-order valence-corrected chi connectivity index (χ4v) is 4.83. The zero-order chi connectivity index (χ0) is 24.6. The van der Waals surface area contributed by atoms with Crippen molar-refractivity contribution in [3.8, 4) is 0 Å². The Kier molecular flexibility index (Phi) is 5.69. The van der Waals surface area contributed by atoms with Gasteiger partial charge in [0.15, 0.2) is 5.82 Å². The van der Waals surface area contributed by atoms with Crippen molar-refractivity contribution in [3.05, 3.63) is 71.9 Å². The molecule has 4 heterocycles. The van der Waals surface area contributed by atoms with Crippen LogP contribution in [0.5, 0.6) is 0 Å². The summed E-state index contributed by atoms with van der Waals surface area (Å²) in [6.07, 6.45) is 6.05. The minimum Gasteiger partial charge on any atom is -0.338 e. The van der Waals surface area contributed by atoms with E-state index < -0.39 is 0 Å². The zero-order valence-corrected chi connectivity index (χ0v) is 20.7. The second-order valence-corrected chi connectivity index (χ2v) is 9.49. The molecule has 1 aliphatic heterocycles. The van der Waals surface area contributed by atoms with Gasteiger partial charge in [0.2, 0.25) is 5.95 Å². The van der Waals surface area contributed by atoms with Crippen molar-refractivity contribution < 1.29 is 0 Å². The Hall–Kier alpha value is -4.11. The topological polar surface area (TPSA) is 96.7 Å². The summed E-state index contributed by atoms with van der Waals surface area (Å²) in [7, 11) is 2.02. The van der Waals surface area contributed by atoms with E-state index in [1.54, 1.807) is 12.5 Å². The molecule has 0 spiro atoms. The van der Waals surface area contributed by atoms with Crippen molar-refractivity contribution in [2.75, 3.05) is 29.9 Å². The van der Waals surface area contributed by atoms with Crippen molar-refractivity contribution in [1.29, 1.82) is 0 Å². The normalized spacial score (nSPS) is 16.1. The van der Waals surface area contributed by atoms with Gasteiger partial charge < -0.3 is 20.1 Å². The van der Waals surface area contributed by atoms with Gasteiger partial charge in [-0.15, -0.1) is 0 Å². The summed E-state index contributed by atoms with van der Waals surface area (Å²) < 4.78 is 2.04. The van der Waals surface area contributed by atoms with Gasteiger partial charge in [0.1, 0.15) is 17.4 Å². The first-order chi connectivity index (χ1) is 17.5. The van der Waals surface area contributed by atoms with Crippen molar-refractivity contribution in [1.82, 2.24) is 34.8 Å². The number of fused-ring (bicyclic) bond motifs is 2. The van der Waals surface area contributed by atoms with Crippen LogP contribution >= 0.6 is 0 Å². The number of hydrogen-bond donors (Lipinski definition) is 2. The molecule has 36 heavy (non-hydrogen) atoms. The third kappa shape index (κ3) is 4.22. The molecule has 6 rings (SSSR count). The minimum absolute atomic E-state index is 0.325. The van der Waals surface area contributed by atoms with E-state index in [0.717, 1.165) is 53.8 Å². The largest absolute Gasteiger partial charge is 0.338 e. The van der Waals surface area contributed by atoms with Crippen LogP contribution in [0.2, 0.25) is 0 Å². The number of nitrogens with one attached hydrogen (secondary N) is 2. The highest BCUT2D eigenvalue weighted by molar-refractivity contribution is 5.87. The van der Waals surface area contributed by atoms with Crippen molar-refractivity contribution in [2.24, 2.45) is 7.05 Å². The first kappa shape index (κ1) is 22.4. The monoisotopic (exact) mass is 479 g/mol. The molecular weight excluding hydrogens is 450 g/mol. The number of benzene rings is 2. The van der Waals surface area contributed by atoms with Gasteiger partial charge in [0.25, 0.3) is 0 Å². The highest BCUT2D eigenvalue weighted by atomic mass is 15.3. The number of piperazine rings is 1. The average molecular weight is 480 g/mol. The van der Waals surface area contributed by atoms with Crippen LogP contribution in [0.4, 0.5) is 17.5 Å². The van der Waals surface area contributed by atoms with Gasteiger partial charge in [0.05, 0.1) is 23.6 Å². The Bertz CT molecular complexity index is 1560. The molecule has 0 unspecified atom stereocenters. The van der Waals surface area contributed by atoms with Gasteiger partial charge in [-0.05, 0) is 61.2 Å². The lowest BCUT2D eigenvalue weighted by Gasteiger charge is -2.33. The number of aromatic nitrogens is 6. The fourth-order valence-electron chi connectivity index (χ4n) is 4.83. The Balaban J connectivity index is 1.25. The number of hydrogen-bond acceptors (Lipinski definition) is 8. The average Bonchev–Trinajstić information content (AvgIpc) is 3.26. The van der Waals surface area contributed by atoms with Crippen LogP contribution in [0.3, 0.4) is 0 Å². The van der Waals surface area contributed by atoms with E-state index >= 15 is 0 Å². The van der Waals surface area contributed by atoms with Crippen LogP contribution in [0, 0.1) is 6.92 Å². The second kappa shape index (κ2) is 9.16. The standard InChI is InChI=1S/C27H29N9/c1-17-10-21(6-5-20(17)11-19-4-7-24-22(12-19)32-16-35(24)3)33-26-25-23(30-15-31-26)14-29-27(34-25)36-9-8-28-13-18(36)2/h4-7,10,12,14-16,18,28H,8-9,11,13H2,1-3H3,(H,30,31,33)/t18-/m0/s1. The molecule has 0 radical (unpaired) electrons. The maximum absolute atomic E-state index is 4.86. The van der Waals surface area contributed by atoms with E-state index in [1.165, 1.54) is 16.7 Å². The quantitative estimate of drug-likeness (QED) is 0.394. The van der Waals surface area contributed by atoms with Crippen LogP contribution in [-0.2, 0) is 13.5 Å². The molecule has 3 aromatic heterocycles.